The Morgan fingerprint density at radius 2 is 2.06 bits per heavy atom. The number of unbranched alkanes of at least 4 members (excludes halogenated alkanes) is 1. The van der Waals surface area contributed by atoms with Crippen molar-refractivity contribution in [3.05, 3.63) is 29.8 Å². The second-order valence-electron chi connectivity index (χ2n) is 4.00. The summed E-state index contributed by atoms with van der Waals surface area (Å²) in [4.78, 5) is 11.3. The number of rotatable bonds is 6. The van der Waals surface area contributed by atoms with E-state index in [2.05, 4.69) is 0 Å². The molecule has 0 heterocycles. The quantitative estimate of drug-likeness (QED) is 0.586. The van der Waals surface area contributed by atoms with Gasteiger partial charge in [0.1, 0.15) is 5.75 Å². The summed E-state index contributed by atoms with van der Waals surface area (Å²) in [6.45, 7) is 2.02. The zero-order valence-corrected chi connectivity index (χ0v) is 10.1. The first-order valence-corrected chi connectivity index (χ1v) is 5.84. The lowest BCUT2D eigenvalue weighted by molar-refractivity contribution is -0.148. The molecule has 0 aliphatic heterocycles. The molecule has 1 rings (SSSR count). The SMILES string of the molecule is CCCCC(=O)O[C@@H](N)Cc1ccc(O)cc1. The molecule has 0 bridgehead atoms. The molecule has 4 heteroatoms. The van der Waals surface area contributed by atoms with Crippen molar-refractivity contribution in [1.82, 2.24) is 0 Å². The Labute approximate surface area is 101 Å². The molecule has 0 spiro atoms. The number of hydrogen-bond donors (Lipinski definition) is 2. The highest BCUT2D eigenvalue weighted by Gasteiger charge is 2.10. The molecule has 1 aromatic rings. The Morgan fingerprint density at radius 3 is 2.65 bits per heavy atom. The summed E-state index contributed by atoms with van der Waals surface area (Å²) in [5.74, 6) is -0.0413. The molecule has 0 saturated heterocycles. The normalized spacial score (nSPS) is 12.1. The largest absolute Gasteiger partial charge is 0.508 e. The van der Waals surface area contributed by atoms with Gasteiger partial charge in [-0.2, -0.15) is 0 Å². The molecule has 1 atom stereocenters. The van der Waals surface area contributed by atoms with E-state index in [0.717, 1.165) is 18.4 Å². The van der Waals surface area contributed by atoms with E-state index in [1.165, 1.54) is 0 Å². The van der Waals surface area contributed by atoms with Gasteiger partial charge in [0.25, 0.3) is 0 Å². The van der Waals surface area contributed by atoms with Gasteiger partial charge in [0.2, 0.25) is 0 Å². The Kier molecular flexibility index (Phi) is 5.49. The van der Waals surface area contributed by atoms with Crippen LogP contribution in [0.25, 0.3) is 0 Å². The number of carbonyl (C=O) groups excluding carboxylic acids is 1. The van der Waals surface area contributed by atoms with Crippen LogP contribution in [0.15, 0.2) is 24.3 Å². The number of ether oxygens (including phenoxy) is 1. The lowest BCUT2D eigenvalue weighted by Gasteiger charge is -2.13. The molecule has 3 N–H and O–H groups in total. The van der Waals surface area contributed by atoms with Crippen molar-refractivity contribution >= 4 is 5.97 Å². The van der Waals surface area contributed by atoms with Crippen LogP contribution in [0.4, 0.5) is 0 Å². The van der Waals surface area contributed by atoms with E-state index < -0.39 is 6.23 Å². The molecule has 94 valence electrons. The fourth-order valence-corrected chi connectivity index (χ4v) is 1.45. The zero-order valence-electron chi connectivity index (χ0n) is 10.1. The van der Waals surface area contributed by atoms with Crippen LogP contribution >= 0.6 is 0 Å². The number of phenolic OH excluding ortho intramolecular Hbond substituents is 1. The standard InChI is InChI=1S/C13H19NO3/c1-2-3-4-13(16)17-12(14)9-10-5-7-11(15)8-6-10/h5-8,12,15H,2-4,9,14H2,1H3/t12-/m1/s1. The highest BCUT2D eigenvalue weighted by atomic mass is 16.6. The summed E-state index contributed by atoms with van der Waals surface area (Å²) in [6.07, 6.45) is 2.04. The molecule has 0 fully saturated rings. The fourth-order valence-electron chi connectivity index (χ4n) is 1.45. The van der Waals surface area contributed by atoms with Gasteiger partial charge in [-0.25, -0.2) is 0 Å². The Balaban J connectivity index is 2.36. The lowest BCUT2D eigenvalue weighted by Crippen LogP contribution is -2.29. The van der Waals surface area contributed by atoms with E-state index in [1.807, 2.05) is 6.92 Å². The molecule has 0 aromatic heterocycles. The minimum atomic E-state index is -0.621. The molecule has 4 nitrogen and oxygen atoms in total. The van der Waals surface area contributed by atoms with Crippen molar-refractivity contribution < 1.29 is 14.6 Å². The van der Waals surface area contributed by atoms with E-state index in [4.69, 9.17) is 15.6 Å². The minimum absolute atomic E-state index is 0.210. The molecule has 0 aliphatic rings. The first-order valence-electron chi connectivity index (χ1n) is 5.84. The average Bonchev–Trinajstić information content (AvgIpc) is 2.29. The van der Waals surface area contributed by atoms with E-state index in [0.29, 0.717) is 12.8 Å². The van der Waals surface area contributed by atoms with Gasteiger partial charge in [0.15, 0.2) is 6.23 Å². The predicted octanol–water partition coefficient (Wildman–Crippen LogP) is 1.95. The molecule has 17 heavy (non-hydrogen) atoms. The molecule has 0 aliphatic carbocycles. The Morgan fingerprint density at radius 1 is 1.41 bits per heavy atom. The molecular weight excluding hydrogens is 218 g/mol. The number of benzene rings is 1. The van der Waals surface area contributed by atoms with Gasteiger partial charge in [-0.05, 0) is 24.1 Å². The van der Waals surface area contributed by atoms with E-state index in [9.17, 15) is 4.79 Å². The van der Waals surface area contributed by atoms with Crippen LogP contribution in [-0.4, -0.2) is 17.3 Å². The number of nitrogens with two attached hydrogens (primary N) is 1. The Bertz CT molecular complexity index is 348. The van der Waals surface area contributed by atoms with Crippen LogP contribution in [0.5, 0.6) is 5.75 Å². The Hall–Kier alpha value is -1.55. The van der Waals surface area contributed by atoms with Crippen molar-refractivity contribution in [2.24, 2.45) is 5.73 Å². The second-order valence-corrected chi connectivity index (χ2v) is 4.00. The van der Waals surface area contributed by atoms with Crippen LogP contribution in [0.1, 0.15) is 31.7 Å². The van der Waals surface area contributed by atoms with Gasteiger partial charge in [-0.1, -0.05) is 25.5 Å². The van der Waals surface area contributed by atoms with Crippen molar-refractivity contribution in [3.8, 4) is 5.75 Å². The summed E-state index contributed by atoms with van der Waals surface area (Å²) in [6, 6.07) is 6.69. The molecule has 0 unspecified atom stereocenters. The first-order chi connectivity index (χ1) is 8.11. The van der Waals surface area contributed by atoms with Crippen LogP contribution in [0, 0.1) is 0 Å². The summed E-state index contributed by atoms with van der Waals surface area (Å²) >= 11 is 0. The third-order valence-corrected chi connectivity index (χ3v) is 2.39. The van der Waals surface area contributed by atoms with Crippen LogP contribution in [0.2, 0.25) is 0 Å². The highest BCUT2D eigenvalue weighted by Crippen LogP contribution is 2.11. The summed E-state index contributed by atoms with van der Waals surface area (Å²) in [5, 5.41) is 9.12. The third kappa shape index (κ3) is 5.36. The molecule has 0 saturated carbocycles. The number of carbonyl (C=O) groups is 1. The van der Waals surface area contributed by atoms with Crippen molar-refractivity contribution in [2.75, 3.05) is 0 Å². The molecular formula is C13H19NO3. The third-order valence-electron chi connectivity index (χ3n) is 2.39. The minimum Gasteiger partial charge on any atom is -0.508 e. The van der Waals surface area contributed by atoms with Gasteiger partial charge in [-0.15, -0.1) is 0 Å². The first kappa shape index (κ1) is 13.5. The van der Waals surface area contributed by atoms with Gasteiger partial charge < -0.3 is 9.84 Å². The maximum absolute atomic E-state index is 11.3. The lowest BCUT2D eigenvalue weighted by atomic mass is 10.1. The van der Waals surface area contributed by atoms with Gasteiger partial charge in [0, 0.05) is 12.8 Å². The number of aromatic hydroxyl groups is 1. The van der Waals surface area contributed by atoms with Crippen molar-refractivity contribution in [1.29, 1.82) is 0 Å². The van der Waals surface area contributed by atoms with Crippen LogP contribution in [-0.2, 0) is 16.0 Å². The summed E-state index contributed by atoms with van der Waals surface area (Å²) < 4.78 is 5.06. The molecule has 0 amide bonds. The zero-order chi connectivity index (χ0) is 12.7. The van der Waals surface area contributed by atoms with Gasteiger partial charge >= 0.3 is 5.97 Å². The van der Waals surface area contributed by atoms with Gasteiger partial charge in [0.05, 0.1) is 0 Å². The van der Waals surface area contributed by atoms with E-state index in [1.54, 1.807) is 24.3 Å². The molecule has 0 radical (unpaired) electrons. The number of hydrogen-bond acceptors (Lipinski definition) is 4. The van der Waals surface area contributed by atoms with E-state index in [-0.39, 0.29) is 11.7 Å². The maximum Gasteiger partial charge on any atom is 0.307 e. The summed E-state index contributed by atoms with van der Waals surface area (Å²) in [5.41, 5.74) is 6.64. The van der Waals surface area contributed by atoms with Gasteiger partial charge in [-0.3, -0.25) is 10.5 Å². The maximum atomic E-state index is 11.3. The smallest absolute Gasteiger partial charge is 0.307 e. The number of esters is 1. The number of phenols is 1. The average molecular weight is 237 g/mol. The van der Waals surface area contributed by atoms with E-state index >= 15 is 0 Å². The topological polar surface area (TPSA) is 72.5 Å². The van der Waals surface area contributed by atoms with Crippen LogP contribution in [0.3, 0.4) is 0 Å². The summed E-state index contributed by atoms with van der Waals surface area (Å²) in [7, 11) is 0. The van der Waals surface area contributed by atoms with Crippen molar-refractivity contribution in [2.45, 2.75) is 38.8 Å². The van der Waals surface area contributed by atoms with Crippen molar-refractivity contribution in [3.63, 3.8) is 0 Å². The monoisotopic (exact) mass is 237 g/mol. The molecule has 1 aromatic carbocycles. The second kappa shape index (κ2) is 6.91. The fraction of sp³-hybridized carbons (Fsp3) is 0.462. The van der Waals surface area contributed by atoms with Crippen LogP contribution < -0.4 is 5.73 Å². The highest BCUT2D eigenvalue weighted by molar-refractivity contribution is 5.69. The predicted molar refractivity (Wildman–Crippen MR) is 65.4 cm³/mol.